The quantitative estimate of drug-likeness (QED) is 0.530. The maximum Gasteiger partial charge on any atom is 0.326 e. The molecule has 1 rings (SSSR count). The van der Waals surface area contributed by atoms with Crippen molar-refractivity contribution in [2.45, 2.75) is 44.0 Å². The standard InChI is InChI=1S/C12H19ClN2O4/c1-8(16)14-10(12(18)19)4-2-3-5-15-7-9(13)6-11(15)17/h9-10H,2-7H2,1H3,(H,14,16)(H,18,19)/t9?,10-/m0/s1. The van der Waals surface area contributed by atoms with E-state index in [2.05, 4.69) is 5.32 Å². The van der Waals surface area contributed by atoms with Crippen LogP contribution in [0.3, 0.4) is 0 Å². The van der Waals surface area contributed by atoms with Crippen LogP contribution >= 0.6 is 11.6 Å². The van der Waals surface area contributed by atoms with Gasteiger partial charge in [0.25, 0.3) is 0 Å². The number of aliphatic carboxylic acids is 1. The van der Waals surface area contributed by atoms with Gasteiger partial charge in [0, 0.05) is 26.4 Å². The summed E-state index contributed by atoms with van der Waals surface area (Å²) < 4.78 is 0. The first-order chi connectivity index (χ1) is 8.90. The zero-order chi connectivity index (χ0) is 14.4. The number of hydrogen-bond donors (Lipinski definition) is 2. The van der Waals surface area contributed by atoms with Crippen LogP contribution in [0.1, 0.15) is 32.6 Å². The number of likely N-dealkylation sites (tertiary alicyclic amines) is 1. The molecule has 0 aromatic heterocycles. The van der Waals surface area contributed by atoms with Crippen LogP contribution in [-0.2, 0) is 14.4 Å². The number of alkyl halides is 1. The minimum absolute atomic E-state index is 0.0524. The first kappa shape index (κ1) is 15.8. The Bertz CT molecular complexity index is 362. The number of unbranched alkanes of at least 4 members (excludes halogenated alkanes) is 1. The fraction of sp³-hybridized carbons (Fsp3) is 0.750. The Balaban J connectivity index is 2.23. The molecule has 2 atom stereocenters. The van der Waals surface area contributed by atoms with Crippen molar-refractivity contribution >= 4 is 29.4 Å². The molecule has 0 bridgehead atoms. The Kier molecular flexibility index (Phi) is 6.08. The average Bonchev–Trinajstić information content (AvgIpc) is 2.61. The molecule has 1 fully saturated rings. The van der Waals surface area contributed by atoms with Gasteiger partial charge in [-0.05, 0) is 19.3 Å². The molecule has 0 spiro atoms. The summed E-state index contributed by atoms with van der Waals surface area (Å²) in [5.41, 5.74) is 0. The lowest BCUT2D eigenvalue weighted by atomic mass is 10.1. The van der Waals surface area contributed by atoms with Crippen molar-refractivity contribution in [1.29, 1.82) is 0 Å². The van der Waals surface area contributed by atoms with Crippen LogP contribution < -0.4 is 5.32 Å². The molecule has 0 radical (unpaired) electrons. The highest BCUT2D eigenvalue weighted by Gasteiger charge is 2.27. The normalized spacial score (nSPS) is 20.4. The lowest BCUT2D eigenvalue weighted by molar-refractivity contribution is -0.141. The number of nitrogens with one attached hydrogen (secondary N) is 1. The molecule has 1 unspecified atom stereocenters. The van der Waals surface area contributed by atoms with Gasteiger partial charge >= 0.3 is 5.97 Å². The second-order valence-corrected chi connectivity index (χ2v) is 5.35. The van der Waals surface area contributed by atoms with Crippen LogP contribution in [0.5, 0.6) is 0 Å². The molecule has 0 saturated carbocycles. The van der Waals surface area contributed by atoms with E-state index in [-0.39, 0.29) is 17.2 Å². The predicted molar refractivity (Wildman–Crippen MR) is 69.9 cm³/mol. The number of carboxylic acid groups (broad SMARTS) is 1. The molecule has 0 aromatic rings. The fourth-order valence-electron chi connectivity index (χ4n) is 2.09. The zero-order valence-corrected chi connectivity index (χ0v) is 11.7. The maximum absolute atomic E-state index is 11.5. The van der Waals surface area contributed by atoms with Gasteiger partial charge in [0.2, 0.25) is 11.8 Å². The van der Waals surface area contributed by atoms with Crippen LogP contribution in [0.25, 0.3) is 0 Å². The molecular formula is C12H19ClN2O4. The predicted octanol–water partition coefficient (Wildman–Crippen LogP) is 0.586. The SMILES string of the molecule is CC(=O)N[C@@H](CCCCN1CC(Cl)CC1=O)C(=O)O. The van der Waals surface area contributed by atoms with Gasteiger partial charge in [-0.2, -0.15) is 0 Å². The topological polar surface area (TPSA) is 86.7 Å². The summed E-state index contributed by atoms with van der Waals surface area (Å²) in [6.45, 7) is 2.45. The van der Waals surface area contributed by atoms with E-state index in [4.69, 9.17) is 16.7 Å². The Morgan fingerprint density at radius 2 is 2.21 bits per heavy atom. The van der Waals surface area contributed by atoms with E-state index in [9.17, 15) is 14.4 Å². The summed E-state index contributed by atoms with van der Waals surface area (Å²) in [6.07, 6.45) is 2.08. The van der Waals surface area contributed by atoms with Gasteiger partial charge in [0.15, 0.2) is 0 Å². The van der Waals surface area contributed by atoms with E-state index in [1.54, 1.807) is 4.90 Å². The molecule has 7 heteroatoms. The van der Waals surface area contributed by atoms with Gasteiger partial charge in [-0.1, -0.05) is 0 Å². The van der Waals surface area contributed by atoms with Crippen LogP contribution in [0, 0.1) is 0 Å². The molecule has 1 heterocycles. The molecule has 19 heavy (non-hydrogen) atoms. The van der Waals surface area contributed by atoms with Crippen molar-refractivity contribution < 1.29 is 19.5 Å². The Labute approximate surface area is 117 Å². The second kappa shape index (κ2) is 7.33. The monoisotopic (exact) mass is 290 g/mol. The maximum atomic E-state index is 11.5. The largest absolute Gasteiger partial charge is 0.480 e. The van der Waals surface area contributed by atoms with Gasteiger partial charge in [-0.25, -0.2) is 4.79 Å². The summed E-state index contributed by atoms with van der Waals surface area (Å²) in [5.74, 6) is -1.34. The van der Waals surface area contributed by atoms with Crippen LogP contribution in [0.2, 0.25) is 0 Å². The zero-order valence-electron chi connectivity index (χ0n) is 10.9. The number of carboxylic acids is 1. The van der Waals surface area contributed by atoms with Gasteiger partial charge in [0.05, 0.1) is 5.38 Å². The molecule has 2 N–H and O–H groups in total. The van der Waals surface area contributed by atoms with Crippen LogP contribution in [-0.4, -0.2) is 52.3 Å². The minimum Gasteiger partial charge on any atom is -0.480 e. The highest BCUT2D eigenvalue weighted by atomic mass is 35.5. The highest BCUT2D eigenvalue weighted by molar-refractivity contribution is 6.22. The third-order valence-electron chi connectivity index (χ3n) is 3.01. The number of amides is 2. The number of rotatable bonds is 7. The summed E-state index contributed by atoms with van der Waals surface area (Å²) in [7, 11) is 0. The average molecular weight is 291 g/mol. The van der Waals surface area contributed by atoms with Gasteiger partial charge in [-0.3, -0.25) is 9.59 Å². The Morgan fingerprint density at radius 1 is 1.53 bits per heavy atom. The smallest absolute Gasteiger partial charge is 0.326 e. The summed E-state index contributed by atoms with van der Waals surface area (Å²) >= 11 is 5.88. The van der Waals surface area contributed by atoms with Crippen molar-refractivity contribution in [1.82, 2.24) is 10.2 Å². The molecular weight excluding hydrogens is 272 g/mol. The van der Waals surface area contributed by atoms with E-state index in [0.717, 1.165) is 0 Å². The van der Waals surface area contributed by atoms with Crippen molar-refractivity contribution in [2.75, 3.05) is 13.1 Å². The Morgan fingerprint density at radius 3 is 2.68 bits per heavy atom. The van der Waals surface area contributed by atoms with Gasteiger partial charge in [0.1, 0.15) is 6.04 Å². The molecule has 0 aromatic carbocycles. The number of nitrogens with zero attached hydrogens (tertiary/aromatic N) is 1. The van der Waals surface area contributed by atoms with E-state index >= 15 is 0 Å². The molecule has 1 saturated heterocycles. The van der Waals surface area contributed by atoms with E-state index in [1.807, 2.05) is 0 Å². The van der Waals surface area contributed by atoms with Crippen molar-refractivity contribution in [3.63, 3.8) is 0 Å². The van der Waals surface area contributed by atoms with Gasteiger partial charge in [-0.15, -0.1) is 11.6 Å². The molecule has 0 aliphatic carbocycles. The first-order valence-corrected chi connectivity index (χ1v) is 6.75. The molecule has 1 aliphatic heterocycles. The van der Waals surface area contributed by atoms with Crippen molar-refractivity contribution in [3.8, 4) is 0 Å². The van der Waals surface area contributed by atoms with Crippen LogP contribution in [0.15, 0.2) is 0 Å². The lowest BCUT2D eigenvalue weighted by Gasteiger charge is -2.17. The summed E-state index contributed by atoms with van der Waals surface area (Å²) in [4.78, 5) is 34.9. The Hall–Kier alpha value is -1.30. The third-order valence-corrected chi connectivity index (χ3v) is 3.31. The molecule has 2 amide bonds. The van der Waals surface area contributed by atoms with E-state index in [0.29, 0.717) is 38.8 Å². The number of carbonyl (C=O) groups is 3. The van der Waals surface area contributed by atoms with E-state index in [1.165, 1.54) is 6.92 Å². The third kappa shape index (κ3) is 5.46. The molecule has 108 valence electrons. The lowest BCUT2D eigenvalue weighted by Crippen LogP contribution is -2.39. The van der Waals surface area contributed by atoms with Crippen molar-refractivity contribution in [3.05, 3.63) is 0 Å². The summed E-state index contributed by atoms with van der Waals surface area (Å²) in [5, 5.41) is 11.2. The molecule has 1 aliphatic rings. The first-order valence-electron chi connectivity index (χ1n) is 6.32. The van der Waals surface area contributed by atoms with Crippen LogP contribution in [0.4, 0.5) is 0 Å². The number of hydrogen-bond acceptors (Lipinski definition) is 3. The number of carbonyl (C=O) groups excluding carboxylic acids is 2. The van der Waals surface area contributed by atoms with E-state index < -0.39 is 12.0 Å². The van der Waals surface area contributed by atoms with Gasteiger partial charge < -0.3 is 15.3 Å². The summed E-state index contributed by atoms with van der Waals surface area (Å²) in [6, 6.07) is -0.854. The van der Waals surface area contributed by atoms with Crippen molar-refractivity contribution in [2.24, 2.45) is 0 Å². The minimum atomic E-state index is -1.03. The molecule has 6 nitrogen and oxygen atoms in total. The fourth-order valence-corrected chi connectivity index (χ4v) is 2.39. The second-order valence-electron chi connectivity index (χ2n) is 4.73. The number of halogens is 1. The highest BCUT2D eigenvalue weighted by Crippen LogP contribution is 2.17.